The second kappa shape index (κ2) is 8.63. The Bertz CT molecular complexity index is 893. The van der Waals surface area contributed by atoms with Crippen molar-refractivity contribution in [2.45, 2.75) is 51.5 Å². The molecule has 154 valence electrons. The summed E-state index contributed by atoms with van der Waals surface area (Å²) in [6.07, 6.45) is 4.69. The molecule has 3 N–H and O–H groups in total. The van der Waals surface area contributed by atoms with Crippen LogP contribution in [-0.4, -0.2) is 41.1 Å². The van der Waals surface area contributed by atoms with Crippen molar-refractivity contribution in [3.63, 3.8) is 0 Å². The Balaban J connectivity index is 1.43. The zero-order valence-electron chi connectivity index (χ0n) is 16.7. The van der Waals surface area contributed by atoms with Gasteiger partial charge in [0.15, 0.2) is 0 Å². The van der Waals surface area contributed by atoms with Crippen molar-refractivity contribution in [1.29, 1.82) is 0 Å². The minimum absolute atomic E-state index is 0.0568. The van der Waals surface area contributed by atoms with Crippen LogP contribution in [0.3, 0.4) is 0 Å². The fraction of sp³-hybridized carbons (Fsp3) is 0.500. The minimum Gasteiger partial charge on any atom is -0.481 e. The molecule has 2 heterocycles. The second-order valence-electron chi connectivity index (χ2n) is 8.03. The minimum atomic E-state index is -0.725. The summed E-state index contributed by atoms with van der Waals surface area (Å²) in [5.41, 5.74) is 3.99. The van der Waals surface area contributed by atoms with E-state index in [1.165, 1.54) is 10.6 Å². The molecule has 1 aromatic heterocycles. The molecule has 1 fully saturated rings. The predicted octanol–water partition coefficient (Wildman–Crippen LogP) is 3.18. The Labute approximate surface area is 174 Å². The molecule has 2 aromatic rings. The molecule has 1 aliphatic heterocycles. The first kappa shape index (κ1) is 20.0. The molecule has 1 amide bonds. The van der Waals surface area contributed by atoms with Gasteiger partial charge in [-0.1, -0.05) is 6.07 Å². The van der Waals surface area contributed by atoms with Crippen molar-refractivity contribution in [3.05, 3.63) is 39.9 Å². The van der Waals surface area contributed by atoms with Crippen LogP contribution >= 0.6 is 11.3 Å². The van der Waals surface area contributed by atoms with E-state index in [1.54, 1.807) is 11.3 Å². The third-order valence-electron chi connectivity index (χ3n) is 5.98. The number of rotatable bonds is 4. The Morgan fingerprint density at radius 3 is 2.66 bits per heavy atom. The van der Waals surface area contributed by atoms with Crippen molar-refractivity contribution < 1.29 is 14.7 Å². The van der Waals surface area contributed by atoms with Crippen molar-refractivity contribution in [2.24, 2.45) is 5.92 Å². The Morgan fingerprint density at radius 1 is 1.17 bits per heavy atom. The molecule has 4 rings (SSSR count). The Hall–Kier alpha value is -2.25. The van der Waals surface area contributed by atoms with Crippen LogP contribution < -0.4 is 10.6 Å². The predicted molar refractivity (Wildman–Crippen MR) is 113 cm³/mol. The third-order valence-corrected chi connectivity index (χ3v) is 7.17. The van der Waals surface area contributed by atoms with Crippen LogP contribution in [0.15, 0.2) is 18.2 Å². The summed E-state index contributed by atoms with van der Waals surface area (Å²) in [5.74, 6) is -1.08. The van der Waals surface area contributed by atoms with Crippen LogP contribution in [0.1, 0.15) is 52.2 Å². The van der Waals surface area contributed by atoms with E-state index < -0.39 is 5.97 Å². The van der Waals surface area contributed by atoms with Gasteiger partial charge < -0.3 is 15.7 Å². The van der Waals surface area contributed by atoms with Crippen LogP contribution in [-0.2, 0) is 17.6 Å². The van der Waals surface area contributed by atoms with Crippen LogP contribution in [0.4, 0.5) is 0 Å². The molecule has 6 nitrogen and oxygen atoms in total. The van der Waals surface area contributed by atoms with Crippen molar-refractivity contribution in [2.75, 3.05) is 13.1 Å². The molecule has 7 heteroatoms. The number of aromatic nitrogens is 1. The zero-order valence-corrected chi connectivity index (χ0v) is 17.5. The number of benzene rings is 1. The average Bonchev–Trinajstić information content (AvgIpc) is 2.98. The first-order valence-corrected chi connectivity index (χ1v) is 11.2. The number of carbonyl (C=O) groups excluding carboxylic acids is 1. The number of hydrogen-bond acceptors (Lipinski definition) is 5. The summed E-state index contributed by atoms with van der Waals surface area (Å²) >= 11 is 1.76. The molecule has 0 radical (unpaired) electrons. The first-order valence-electron chi connectivity index (χ1n) is 10.3. The highest BCUT2D eigenvalue weighted by atomic mass is 32.1. The number of aryl methyl sites for hydroxylation is 1. The highest BCUT2D eigenvalue weighted by molar-refractivity contribution is 7.15. The lowest BCUT2D eigenvalue weighted by atomic mass is 9.86. The summed E-state index contributed by atoms with van der Waals surface area (Å²) in [5, 5.41) is 16.6. The largest absolute Gasteiger partial charge is 0.481 e. The molecule has 0 bridgehead atoms. The normalized spacial score (nSPS) is 21.8. The van der Waals surface area contributed by atoms with Gasteiger partial charge in [-0.25, -0.2) is 4.98 Å². The molecular formula is C22H27N3O3S. The van der Waals surface area contributed by atoms with Crippen LogP contribution in [0.25, 0.3) is 10.6 Å². The molecule has 0 saturated heterocycles. The fourth-order valence-electron chi connectivity index (χ4n) is 4.22. The molecule has 0 spiro atoms. The van der Waals surface area contributed by atoms with Gasteiger partial charge in [-0.3, -0.25) is 9.59 Å². The molecule has 1 aromatic carbocycles. The maximum Gasteiger partial charge on any atom is 0.306 e. The topological polar surface area (TPSA) is 91.3 Å². The zero-order chi connectivity index (χ0) is 20.4. The van der Waals surface area contributed by atoms with E-state index in [0.29, 0.717) is 18.4 Å². The lowest BCUT2D eigenvalue weighted by molar-refractivity contribution is -0.142. The first-order chi connectivity index (χ1) is 14.0. The van der Waals surface area contributed by atoms with Gasteiger partial charge in [0.1, 0.15) is 5.01 Å². The molecule has 0 atom stereocenters. The third kappa shape index (κ3) is 4.51. The van der Waals surface area contributed by atoms with Crippen LogP contribution in [0.5, 0.6) is 0 Å². The van der Waals surface area contributed by atoms with Crippen molar-refractivity contribution in [3.8, 4) is 10.6 Å². The number of nitrogens with one attached hydrogen (secondary N) is 2. The van der Waals surface area contributed by atoms with E-state index in [0.717, 1.165) is 54.9 Å². The summed E-state index contributed by atoms with van der Waals surface area (Å²) < 4.78 is 0. The number of carbonyl (C=O) groups is 2. The van der Waals surface area contributed by atoms with E-state index in [2.05, 4.69) is 10.6 Å². The van der Waals surface area contributed by atoms with Gasteiger partial charge in [-0.2, -0.15) is 0 Å². The van der Waals surface area contributed by atoms with Gasteiger partial charge in [0, 0.05) is 41.6 Å². The molecule has 2 aliphatic rings. The molecule has 29 heavy (non-hydrogen) atoms. The summed E-state index contributed by atoms with van der Waals surface area (Å²) in [6.45, 7) is 4.00. The van der Waals surface area contributed by atoms with Crippen LogP contribution in [0, 0.1) is 12.8 Å². The highest BCUT2D eigenvalue weighted by Crippen LogP contribution is 2.32. The van der Waals surface area contributed by atoms with E-state index in [-0.39, 0.29) is 17.9 Å². The number of fused-ring (bicyclic) bond motifs is 1. The van der Waals surface area contributed by atoms with E-state index in [1.807, 2.05) is 25.1 Å². The number of carboxylic acid groups (broad SMARTS) is 1. The number of hydrogen-bond donors (Lipinski definition) is 3. The van der Waals surface area contributed by atoms with Gasteiger partial charge in [-0.05, 0) is 56.7 Å². The summed E-state index contributed by atoms with van der Waals surface area (Å²) in [7, 11) is 0. The maximum atomic E-state index is 12.7. The molecular weight excluding hydrogens is 386 g/mol. The average molecular weight is 414 g/mol. The molecule has 1 saturated carbocycles. The second-order valence-corrected chi connectivity index (χ2v) is 9.11. The van der Waals surface area contributed by atoms with E-state index >= 15 is 0 Å². The number of amides is 1. The SMILES string of the molecule is Cc1cc(C(=O)N[C@H]2CC[C@H](C(=O)O)CC2)ccc1-c1nc2c(s1)CCNCC2. The highest BCUT2D eigenvalue weighted by Gasteiger charge is 2.27. The van der Waals surface area contributed by atoms with Crippen molar-refractivity contribution in [1.82, 2.24) is 15.6 Å². The lowest BCUT2D eigenvalue weighted by Gasteiger charge is -2.26. The maximum absolute atomic E-state index is 12.7. The van der Waals surface area contributed by atoms with Gasteiger partial charge in [0.25, 0.3) is 5.91 Å². The van der Waals surface area contributed by atoms with Gasteiger partial charge in [-0.15, -0.1) is 11.3 Å². The van der Waals surface area contributed by atoms with Gasteiger partial charge in [0.05, 0.1) is 11.6 Å². The standard InChI is InChI=1S/C22H27N3O3S/c1-13-12-15(20(26)24-16-5-2-14(3-6-16)22(27)28)4-7-17(13)21-25-18-8-10-23-11-9-19(18)29-21/h4,7,12,14,16,23H,2-3,5-6,8-11H2,1H3,(H,24,26)(H,27,28)/t14-,16-. The quantitative estimate of drug-likeness (QED) is 0.716. The van der Waals surface area contributed by atoms with E-state index in [9.17, 15) is 9.59 Å². The monoisotopic (exact) mass is 413 g/mol. The number of thiazole rings is 1. The van der Waals surface area contributed by atoms with Gasteiger partial charge >= 0.3 is 5.97 Å². The Kier molecular flexibility index (Phi) is 5.96. The molecule has 0 unspecified atom stereocenters. The summed E-state index contributed by atoms with van der Waals surface area (Å²) in [4.78, 5) is 30.0. The van der Waals surface area contributed by atoms with Gasteiger partial charge in [0.2, 0.25) is 0 Å². The smallest absolute Gasteiger partial charge is 0.306 e. The molecule has 1 aliphatic carbocycles. The summed E-state index contributed by atoms with van der Waals surface area (Å²) in [6, 6.07) is 5.86. The van der Waals surface area contributed by atoms with Crippen molar-refractivity contribution >= 4 is 23.2 Å². The van der Waals surface area contributed by atoms with E-state index in [4.69, 9.17) is 10.1 Å². The lowest BCUT2D eigenvalue weighted by Crippen LogP contribution is -2.38. The number of aliphatic carboxylic acids is 1. The Morgan fingerprint density at radius 2 is 1.93 bits per heavy atom. The van der Waals surface area contributed by atoms with Crippen LogP contribution in [0.2, 0.25) is 0 Å². The number of carboxylic acids is 1. The number of nitrogens with zero attached hydrogens (tertiary/aromatic N) is 1. The fourth-order valence-corrected chi connectivity index (χ4v) is 5.42.